The summed E-state index contributed by atoms with van der Waals surface area (Å²) < 4.78 is 23.0. The normalized spacial score (nSPS) is 33.3. The van der Waals surface area contributed by atoms with Crippen molar-refractivity contribution in [2.75, 3.05) is 6.61 Å². The molecule has 4 atom stereocenters. The lowest BCUT2D eigenvalue weighted by molar-refractivity contribution is -0.273. The SMILES string of the molecule is C=CC[C@H]1C[C@@H]2C/C=C\CC[C@@H](COCc3ccccc3)O[P+]([O-])(O1)O2. The molecule has 3 rings (SSSR count). The van der Waals surface area contributed by atoms with Gasteiger partial charge in [-0.1, -0.05) is 48.6 Å². The van der Waals surface area contributed by atoms with Crippen LogP contribution in [0, 0.1) is 0 Å². The Labute approximate surface area is 156 Å². The fourth-order valence-electron chi connectivity index (χ4n) is 3.16. The molecule has 26 heavy (non-hydrogen) atoms. The quantitative estimate of drug-likeness (QED) is 0.551. The number of hydrogen-bond acceptors (Lipinski definition) is 5. The van der Waals surface area contributed by atoms with Gasteiger partial charge in [0.25, 0.3) is 0 Å². The van der Waals surface area contributed by atoms with Gasteiger partial charge in [0.2, 0.25) is 0 Å². The zero-order valence-corrected chi connectivity index (χ0v) is 15.9. The zero-order valence-electron chi connectivity index (χ0n) is 15.0. The van der Waals surface area contributed by atoms with E-state index in [2.05, 4.69) is 18.7 Å². The number of hydrogen-bond donors (Lipinski definition) is 0. The van der Waals surface area contributed by atoms with E-state index in [4.69, 9.17) is 18.3 Å². The maximum Gasteiger partial charge on any atom is 0.380 e. The van der Waals surface area contributed by atoms with Crippen molar-refractivity contribution in [1.82, 2.24) is 0 Å². The van der Waals surface area contributed by atoms with Crippen molar-refractivity contribution >= 4 is 8.17 Å². The lowest BCUT2D eigenvalue weighted by Gasteiger charge is -2.38. The molecule has 2 aliphatic heterocycles. The number of rotatable bonds is 6. The van der Waals surface area contributed by atoms with Gasteiger partial charge in [-0.05, 0) is 31.2 Å². The number of phosphoric acid groups is 1. The summed E-state index contributed by atoms with van der Waals surface area (Å²) in [5, 5.41) is 0. The molecule has 0 radical (unpaired) electrons. The zero-order chi connectivity index (χ0) is 18.2. The second-order valence-corrected chi connectivity index (χ2v) is 8.20. The first kappa shape index (κ1) is 19.7. The average Bonchev–Trinajstić information content (AvgIpc) is 2.61. The monoisotopic (exact) mass is 378 g/mol. The molecule has 5 nitrogen and oxygen atoms in total. The van der Waals surface area contributed by atoms with E-state index in [9.17, 15) is 4.89 Å². The molecule has 0 amide bonds. The number of benzene rings is 1. The maximum atomic E-state index is 13.0. The highest BCUT2D eigenvalue weighted by Gasteiger charge is 2.46. The van der Waals surface area contributed by atoms with Crippen LogP contribution in [0.2, 0.25) is 0 Å². The molecular formula is C20H27O5P. The molecule has 1 aromatic carbocycles. The Kier molecular flexibility index (Phi) is 7.38. The lowest BCUT2D eigenvalue weighted by atomic mass is 10.1. The van der Waals surface area contributed by atoms with E-state index in [1.54, 1.807) is 6.08 Å². The van der Waals surface area contributed by atoms with E-state index in [1.165, 1.54) is 0 Å². The summed E-state index contributed by atoms with van der Waals surface area (Å²) in [5.74, 6) is 0. The number of allylic oxidation sites excluding steroid dienone is 1. The Balaban J connectivity index is 1.61. The molecule has 2 aliphatic rings. The topological polar surface area (TPSA) is 60.0 Å². The van der Waals surface area contributed by atoms with Gasteiger partial charge in [-0.3, -0.25) is 0 Å². The molecule has 0 N–H and O–H groups in total. The summed E-state index contributed by atoms with van der Waals surface area (Å²) in [5.41, 5.74) is 1.09. The van der Waals surface area contributed by atoms with Gasteiger partial charge in [-0.15, -0.1) is 6.58 Å². The highest BCUT2D eigenvalue weighted by Crippen LogP contribution is 2.61. The molecule has 1 unspecified atom stereocenters. The van der Waals surface area contributed by atoms with Crippen LogP contribution in [0.3, 0.4) is 0 Å². The van der Waals surface area contributed by atoms with E-state index >= 15 is 0 Å². The first-order valence-corrected chi connectivity index (χ1v) is 10.7. The number of phosphoric ester groups is 1. The van der Waals surface area contributed by atoms with Crippen molar-refractivity contribution in [2.45, 2.75) is 57.0 Å². The van der Waals surface area contributed by atoms with E-state index in [1.807, 2.05) is 30.3 Å². The van der Waals surface area contributed by atoms with E-state index in [0.29, 0.717) is 32.5 Å². The Morgan fingerprint density at radius 2 is 1.96 bits per heavy atom. The second kappa shape index (κ2) is 9.75. The van der Waals surface area contributed by atoms with Gasteiger partial charge in [-0.2, -0.15) is 13.6 Å². The molecular weight excluding hydrogens is 351 g/mol. The van der Waals surface area contributed by atoms with Crippen molar-refractivity contribution in [3.8, 4) is 0 Å². The van der Waals surface area contributed by atoms with Gasteiger partial charge in [0, 0.05) is 6.42 Å². The van der Waals surface area contributed by atoms with Crippen molar-refractivity contribution in [2.24, 2.45) is 0 Å². The summed E-state index contributed by atoms with van der Waals surface area (Å²) in [6, 6.07) is 9.95. The van der Waals surface area contributed by atoms with Gasteiger partial charge in [0.1, 0.15) is 18.3 Å². The van der Waals surface area contributed by atoms with Crippen molar-refractivity contribution in [3.63, 3.8) is 0 Å². The van der Waals surface area contributed by atoms with Crippen molar-refractivity contribution in [1.29, 1.82) is 0 Å². The smallest absolute Gasteiger partial charge is 0.380 e. The van der Waals surface area contributed by atoms with Crippen LogP contribution in [0.25, 0.3) is 0 Å². The Morgan fingerprint density at radius 1 is 1.15 bits per heavy atom. The fraction of sp³-hybridized carbons (Fsp3) is 0.500. The fourth-order valence-corrected chi connectivity index (χ4v) is 4.92. The summed E-state index contributed by atoms with van der Waals surface area (Å²) in [6.45, 7) is 4.58. The third kappa shape index (κ3) is 5.98. The van der Waals surface area contributed by atoms with Crippen LogP contribution in [0.15, 0.2) is 55.1 Å². The molecule has 1 aromatic rings. The van der Waals surface area contributed by atoms with Crippen LogP contribution < -0.4 is 4.89 Å². The van der Waals surface area contributed by atoms with Crippen LogP contribution >= 0.6 is 8.17 Å². The van der Waals surface area contributed by atoms with Gasteiger partial charge < -0.3 is 9.63 Å². The molecule has 0 aromatic heterocycles. The Morgan fingerprint density at radius 3 is 2.77 bits per heavy atom. The third-order valence-electron chi connectivity index (χ3n) is 4.43. The molecule has 0 spiro atoms. The predicted octanol–water partition coefficient (Wildman–Crippen LogP) is 4.12. The predicted molar refractivity (Wildman–Crippen MR) is 100 cm³/mol. The average molecular weight is 378 g/mol. The number of fused-ring (bicyclic) bond motifs is 2. The summed E-state index contributed by atoms with van der Waals surface area (Å²) in [4.78, 5) is 13.0. The highest BCUT2D eigenvalue weighted by atomic mass is 31.2. The second-order valence-electron chi connectivity index (χ2n) is 6.67. The molecule has 1 saturated heterocycles. The minimum atomic E-state index is -3.60. The maximum absolute atomic E-state index is 13.0. The molecule has 2 bridgehead atoms. The lowest BCUT2D eigenvalue weighted by Crippen LogP contribution is -2.38. The van der Waals surface area contributed by atoms with Crippen LogP contribution in [0.1, 0.15) is 37.7 Å². The first-order chi connectivity index (χ1) is 12.7. The molecule has 6 heteroatoms. The van der Waals surface area contributed by atoms with Crippen LogP contribution in [-0.4, -0.2) is 24.9 Å². The highest BCUT2D eigenvalue weighted by molar-refractivity contribution is 7.54. The minimum Gasteiger partial charge on any atom is -0.606 e. The van der Waals surface area contributed by atoms with Gasteiger partial charge in [0.15, 0.2) is 0 Å². The summed E-state index contributed by atoms with van der Waals surface area (Å²) in [7, 11) is -3.60. The van der Waals surface area contributed by atoms with Crippen LogP contribution in [-0.2, 0) is 24.9 Å². The van der Waals surface area contributed by atoms with Crippen molar-refractivity contribution in [3.05, 3.63) is 60.7 Å². The van der Waals surface area contributed by atoms with Gasteiger partial charge in [0.05, 0.1) is 13.2 Å². The minimum absolute atomic E-state index is 0.153. The van der Waals surface area contributed by atoms with Crippen molar-refractivity contribution < 1.29 is 23.2 Å². The standard InChI is InChI=1S/C20H27O5P/c1-2-9-18-14-19-12-7-4-8-13-20(25-26(21,23-18)24-19)16-22-15-17-10-5-3-6-11-17/h2-7,10-11,18-20H,1,8-9,12-16H2/b7-4-/t18-,19-,20-,26?/m0/s1. The molecule has 0 aliphatic carbocycles. The van der Waals surface area contributed by atoms with Crippen LogP contribution in [0.4, 0.5) is 0 Å². The van der Waals surface area contributed by atoms with E-state index < -0.39 is 8.17 Å². The van der Waals surface area contributed by atoms with E-state index in [0.717, 1.165) is 18.4 Å². The third-order valence-corrected chi connectivity index (χ3v) is 6.10. The van der Waals surface area contributed by atoms with Crippen LogP contribution in [0.5, 0.6) is 0 Å². The van der Waals surface area contributed by atoms with Gasteiger partial charge >= 0.3 is 8.17 Å². The largest absolute Gasteiger partial charge is 0.606 e. The summed E-state index contributed by atoms with van der Waals surface area (Å²) >= 11 is 0. The molecule has 1 fully saturated rings. The molecule has 0 saturated carbocycles. The Bertz CT molecular complexity index is 593. The van der Waals surface area contributed by atoms with E-state index in [-0.39, 0.29) is 18.3 Å². The first-order valence-electron chi connectivity index (χ1n) is 9.19. The number of ether oxygens (including phenoxy) is 1. The Hall–Kier alpha value is -1.07. The van der Waals surface area contributed by atoms with Gasteiger partial charge in [-0.25, -0.2) is 0 Å². The molecule has 2 heterocycles. The summed E-state index contributed by atoms with van der Waals surface area (Å²) in [6.07, 6.45) is 8.93. The molecule has 142 valence electrons.